The molecule has 1 aromatic heterocycles. The summed E-state index contributed by atoms with van der Waals surface area (Å²) >= 11 is 3.06. The van der Waals surface area contributed by atoms with Gasteiger partial charge in [0.2, 0.25) is 0 Å². The second-order valence-corrected chi connectivity index (χ2v) is 4.56. The topological polar surface area (TPSA) is 46.9 Å². The molecule has 0 fully saturated rings. The van der Waals surface area contributed by atoms with Crippen molar-refractivity contribution in [3.63, 3.8) is 0 Å². The molecule has 1 amide bonds. The van der Waals surface area contributed by atoms with Gasteiger partial charge in [-0.25, -0.2) is 4.39 Å². The van der Waals surface area contributed by atoms with Gasteiger partial charge in [-0.15, -0.1) is 0 Å². The molecule has 0 aliphatic rings. The predicted molar refractivity (Wildman–Crippen MR) is 68.5 cm³/mol. The number of halogens is 2. The van der Waals surface area contributed by atoms with Crippen molar-refractivity contribution in [3.05, 3.63) is 52.0 Å². The van der Waals surface area contributed by atoms with E-state index in [1.807, 2.05) is 0 Å². The van der Waals surface area contributed by atoms with Gasteiger partial charge >= 0.3 is 0 Å². The Labute approximate surface area is 112 Å². The van der Waals surface area contributed by atoms with Crippen LogP contribution in [0.25, 0.3) is 0 Å². The van der Waals surface area contributed by atoms with E-state index >= 15 is 0 Å². The fourth-order valence-electron chi connectivity index (χ4n) is 1.50. The first-order valence-electron chi connectivity index (χ1n) is 5.28. The van der Waals surface area contributed by atoms with Gasteiger partial charge < -0.3 is 5.32 Å². The normalized spacial score (nSPS) is 10.4. The van der Waals surface area contributed by atoms with Crippen LogP contribution in [0.1, 0.15) is 16.1 Å². The maximum absolute atomic E-state index is 13.3. The van der Waals surface area contributed by atoms with Gasteiger partial charge in [0, 0.05) is 13.2 Å². The van der Waals surface area contributed by atoms with Gasteiger partial charge in [-0.05, 0) is 34.1 Å². The van der Waals surface area contributed by atoms with Crippen molar-refractivity contribution in [2.45, 2.75) is 6.54 Å². The van der Waals surface area contributed by atoms with E-state index in [2.05, 4.69) is 26.3 Å². The predicted octanol–water partition coefficient (Wildman–Crippen LogP) is 2.25. The fraction of sp³-hybridized carbons (Fsp3) is 0.167. The molecule has 1 aromatic carbocycles. The molecule has 0 unspecified atom stereocenters. The van der Waals surface area contributed by atoms with E-state index in [1.165, 1.54) is 12.1 Å². The Kier molecular flexibility index (Phi) is 3.76. The Morgan fingerprint density at radius 2 is 2.28 bits per heavy atom. The lowest BCUT2D eigenvalue weighted by Crippen LogP contribution is -2.23. The second-order valence-electron chi connectivity index (χ2n) is 3.76. The van der Waals surface area contributed by atoms with E-state index in [9.17, 15) is 9.18 Å². The lowest BCUT2D eigenvalue weighted by molar-refractivity contribution is 0.0949. The third-order valence-corrected chi connectivity index (χ3v) is 3.20. The number of carbonyl (C=O) groups excluding carboxylic acids is 1. The summed E-state index contributed by atoms with van der Waals surface area (Å²) in [6, 6.07) is 6.15. The Morgan fingerprint density at radius 1 is 1.50 bits per heavy atom. The minimum atomic E-state index is -0.458. The van der Waals surface area contributed by atoms with E-state index in [-0.39, 0.29) is 15.9 Å². The van der Waals surface area contributed by atoms with Crippen LogP contribution < -0.4 is 5.32 Å². The Morgan fingerprint density at radius 3 is 2.94 bits per heavy atom. The molecule has 18 heavy (non-hydrogen) atoms. The monoisotopic (exact) mass is 311 g/mol. The minimum absolute atomic E-state index is 0.170. The van der Waals surface area contributed by atoms with Gasteiger partial charge in [-0.2, -0.15) is 5.10 Å². The zero-order valence-corrected chi connectivity index (χ0v) is 11.2. The van der Waals surface area contributed by atoms with Crippen LogP contribution in [-0.2, 0) is 13.6 Å². The molecule has 0 spiro atoms. The SMILES string of the molecule is Cn1ccc(CNC(=O)c2cccc(F)c2Br)n1. The van der Waals surface area contributed by atoms with E-state index < -0.39 is 5.82 Å². The highest BCUT2D eigenvalue weighted by molar-refractivity contribution is 9.10. The van der Waals surface area contributed by atoms with Gasteiger partial charge in [0.05, 0.1) is 22.3 Å². The van der Waals surface area contributed by atoms with Crippen molar-refractivity contribution in [3.8, 4) is 0 Å². The first-order valence-corrected chi connectivity index (χ1v) is 6.08. The molecule has 0 saturated heterocycles. The fourth-order valence-corrected chi connectivity index (χ4v) is 1.95. The number of benzene rings is 1. The van der Waals surface area contributed by atoms with Gasteiger partial charge in [-0.3, -0.25) is 9.48 Å². The quantitative estimate of drug-likeness (QED) is 0.945. The Bertz CT molecular complexity index is 582. The number of amides is 1. The highest BCUT2D eigenvalue weighted by atomic mass is 79.9. The van der Waals surface area contributed by atoms with E-state index in [0.717, 1.165) is 5.69 Å². The minimum Gasteiger partial charge on any atom is -0.346 e. The number of hydrogen-bond donors (Lipinski definition) is 1. The molecule has 0 saturated carbocycles. The summed E-state index contributed by atoms with van der Waals surface area (Å²) in [7, 11) is 1.80. The highest BCUT2D eigenvalue weighted by Crippen LogP contribution is 2.20. The molecule has 0 radical (unpaired) electrons. The zero-order chi connectivity index (χ0) is 13.1. The molecule has 0 aliphatic heterocycles. The number of aromatic nitrogens is 2. The van der Waals surface area contributed by atoms with Crippen molar-refractivity contribution in [1.29, 1.82) is 0 Å². The highest BCUT2D eigenvalue weighted by Gasteiger charge is 2.12. The first kappa shape index (κ1) is 12.8. The molecular weight excluding hydrogens is 301 g/mol. The van der Waals surface area contributed by atoms with Crippen molar-refractivity contribution in [1.82, 2.24) is 15.1 Å². The Hall–Kier alpha value is -1.69. The lowest BCUT2D eigenvalue weighted by atomic mass is 10.2. The van der Waals surface area contributed by atoms with Crippen LogP contribution >= 0.6 is 15.9 Å². The summed E-state index contributed by atoms with van der Waals surface area (Å²) in [5, 5.41) is 6.82. The maximum atomic E-state index is 13.3. The third kappa shape index (κ3) is 2.76. The van der Waals surface area contributed by atoms with Crippen LogP contribution in [0.2, 0.25) is 0 Å². The molecule has 4 nitrogen and oxygen atoms in total. The first-order chi connectivity index (χ1) is 8.58. The Balaban J connectivity index is 2.06. The van der Waals surface area contributed by atoms with E-state index in [4.69, 9.17) is 0 Å². The van der Waals surface area contributed by atoms with Crippen molar-refractivity contribution in [2.75, 3.05) is 0 Å². The van der Waals surface area contributed by atoms with Crippen molar-refractivity contribution < 1.29 is 9.18 Å². The van der Waals surface area contributed by atoms with Gasteiger partial charge in [0.25, 0.3) is 5.91 Å². The molecule has 2 rings (SSSR count). The summed E-state index contributed by atoms with van der Waals surface area (Å²) in [5.41, 5.74) is 1.02. The molecule has 0 bridgehead atoms. The van der Waals surface area contributed by atoms with Crippen molar-refractivity contribution >= 4 is 21.8 Å². The second kappa shape index (κ2) is 5.30. The molecule has 6 heteroatoms. The smallest absolute Gasteiger partial charge is 0.252 e. The van der Waals surface area contributed by atoms with Crippen LogP contribution in [0.15, 0.2) is 34.9 Å². The largest absolute Gasteiger partial charge is 0.346 e. The molecular formula is C12H11BrFN3O. The average molecular weight is 312 g/mol. The molecule has 0 aliphatic carbocycles. The molecule has 94 valence electrons. The lowest BCUT2D eigenvalue weighted by Gasteiger charge is -2.05. The summed E-state index contributed by atoms with van der Waals surface area (Å²) in [6.45, 7) is 0.308. The summed E-state index contributed by atoms with van der Waals surface area (Å²) in [4.78, 5) is 11.9. The van der Waals surface area contributed by atoms with Crippen LogP contribution in [0.4, 0.5) is 4.39 Å². The number of carbonyl (C=O) groups is 1. The summed E-state index contributed by atoms with van der Waals surface area (Å²) in [6.07, 6.45) is 1.79. The van der Waals surface area contributed by atoms with Gasteiger partial charge in [0.15, 0.2) is 0 Å². The van der Waals surface area contributed by atoms with Crippen LogP contribution in [0.5, 0.6) is 0 Å². The van der Waals surface area contributed by atoms with Crippen molar-refractivity contribution in [2.24, 2.45) is 7.05 Å². The van der Waals surface area contributed by atoms with E-state index in [0.29, 0.717) is 6.54 Å². The van der Waals surface area contributed by atoms with E-state index in [1.54, 1.807) is 30.1 Å². The summed E-state index contributed by atoms with van der Waals surface area (Å²) in [5.74, 6) is -0.799. The number of rotatable bonds is 3. The van der Waals surface area contributed by atoms with Gasteiger partial charge in [-0.1, -0.05) is 6.07 Å². The zero-order valence-electron chi connectivity index (χ0n) is 9.65. The van der Waals surface area contributed by atoms with Gasteiger partial charge in [0.1, 0.15) is 5.82 Å². The van der Waals surface area contributed by atoms with Crippen LogP contribution in [0.3, 0.4) is 0 Å². The summed E-state index contributed by atoms with van der Waals surface area (Å²) < 4.78 is 15.1. The number of aryl methyl sites for hydroxylation is 1. The molecule has 1 N–H and O–H groups in total. The van der Waals surface area contributed by atoms with Crippen LogP contribution in [0, 0.1) is 5.82 Å². The molecule has 1 heterocycles. The average Bonchev–Trinajstić information content (AvgIpc) is 2.76. The van der Waals surface area contributed by atoms with Crippen LogP contribution in [-0.4, -0.2) is 15.7 Å². The number of nitrogens with one attached hydrogen (secondary N) is 1. The molecule has 2 aromatic rings. The third-order valence-electron chi connectivity index (χ3n) is 2.40. The standard InChI is InChI=1S/C12H11BrFN3O/c1-17-6-5-8(16-17)7-15-12(18)9-3-2-4-10(14)11(9)13/h2-6H,7H2,1H3,(H,15,18). The number of nitrogens with zero attached hydrogens (tertiary/aromatic N) is 2. The molecule has 0 atom stereocenters. The maximum Gasteiger partial charge on any atom is 0.252 e. The number of hydrogen-bond acceptors (Lipinski definition) is 2.